The summed E-state index contributed by atoms with van der Waals surface area (Å²) < 4.78 is 6.21. The quantitative estimate of drug-likeness (QED) is 0.206. The molecule has 1 amide bonds. The van der Waals surface area contributed by atoms with Crippen molar-refractivity contribution in [1.82, 2.24) is 20.4 Å². The van der Waals surface area contributed by atoms with E-state index in [1.165, 1.54) is 24.0 Å². The van der Waals surface area contributed by atoms with Crippen molar-refractivity contribution in [2.75, 3.05) is 53.4 Å². The molecule has 1 saturated heterocycles. The Kier molecular flexibility index (Phi) is 12.5. The molecule has 3 rings (SSSR count). The molecule has 0 aromatic heterocycles. The second-order valence-corrected chi connectivity index (χ2v) is 9.05. The zero-order valence-corrected chi connectivity index (χ0v) is 22.8. The standard InChI is InChI=1S/C25H41N5O2.HI/c1-4-26-25(28-21-13-16-30(17-14-21)19-24(31)29(2)3)27-15-8-18-32-23-12-7-10-20-9-5-6-11-22(20)23;/h5-6,9,11,21,23H,4,7-8,10,12-19H2,1-3H3,(H2,26,27,28);1H. The molecule has 0 radical (unpaired) electrons. The average molecular weight is 572 g/mol. The summed E-state index contributed by atoms with van der Waals surface area (Å²) in [7, 11) is 3.63. The summed E-state index contributed by atoms with van der Waals surface area (Å²) in [5.74, 6) is 1.06. The highest BCUT2D eigenvalue weighted by Crippen LogP contribution is 2.32. The lowest BCUT2D eigenvalue weighted by Crippen LogP contribution is -2.50. The zero-order valence-electron chi connectivity index (χ0n) is 20.5. The summed E-state index contributed by atoms with van der Waals surface area (Å²) in [6.07, 6.45) is 6.69. The molecule has 2 aliphatic rings. The van der Waals surface area contributed by atoms with Gasteiger partial charge in [0.2, 0.25) is 5.91 Å². The van der Waals surface area contributed by atoms with E-state index < -0.39 is 0 Å². The van der Waals surface area contributed by atoms with E-state index in [9.17, 15) is 4.79 Å². The normalized spacial score (nSPS) is 19.4. The summed E-state index contributed by atoms with van der Waals surface area (Å²) in [5, 5.41) is 6.95. The summed E-state index contributed by atoms with van der Waals surface area (Å²) >= 11 is 0. The lowest BCUT2D eigenvalue weighted by atomic mass is 9.89. The number of aliphatic imine (C=N–C) groups is 1. The molecular formula is C25H42IN5O2. The van der Waals surface area contributed by atoms with Gasteiger partial charge < -0.3 is 20.3 Å². The van der Waals surface area contributed by atoms with Crippen molar-refractivity contribution in [2.45, 2.75) is 57.6 Å². The van der Waals surface area contributed by atoms with Crippen LogP contribution in [-0.2, 0) is 16.0 Å². The largest absolute Gasteiger partial charge is 0.373 e. The lowest BCUT2D eigenvalue weighted by Gasteiger charge is -2.33. The maximum atomic E-state index is 11.9. The fourth-order valence-corrected chi connectivity index (χ4v) is 4.44. The van der Waals surface area contributed by atoms with Crippen molar-refractivity contribution in [3.8, 4) is 0 Å². The van der Waals surface area contributed by atoms with Gasteiger partial charge in [-0.05, 0) is 56.6 Å². The Labute approximate surface area is 216 Å². The predicted molar refractivity (Wildman–Crippen MR) is 145 cm³/mol. The molecule has 2 N–H and O–H groups in total. The number of piperidine rings is 1. The zero-order chi connectivity index (χ0) is 22.8. The average Bonchev–Trinajstić information content (AvgIpc) is 2.80. The molecule has 0 saturated carbocycles. The Bertz CT molecular complexity index is 750. The first kappa shape index (κ1) is 27.9. The number of rotatable bonds is 9. The smallest absolute Gasteiger partial charge is 0.236 e. The molecule has 8 heteroatoms. The van der Waals surface area contributed by atoms with E-state index in [1.54, 1.807) is 4.90 Å². The Morgan fingerprint density at radius 3 is 2.70 bits per heavy atom. The van der Waals surface area contributed by atoms with E-state index >= 15 is 0 Å². The number of aryl methyl sites for hydroxylation is 1. The van der Waals surface area contributed by atoms with Crippen molar-refractivity contribution in [3.63, 3.8) is 0 Å². The predicted octanol–water partition coefficient (Wildman–Crippen LogP) is 3.20. The Morgan fingerprint density at radius 2 is 1.97 bits per heavy atom. The minimum Gasteiger partial charge on any atom is -0.373 e. The second-order valence-electron chi connectivity index (χ2n) is 9.05. The number of likely N-dealkylation sites (N-methyl/N-ethyl adjacent to an activating group) is 1. The van der Waals surface area contributed by atoms with Crippen LogP contribution in [0.1, 0.15) is 56.3 Å². The summed E-state index contributed by atoms with van der Waals surface area (Å²) in [5.41, 5.74) is 2.81. The Balaban J connectivity index is 0.00000385. The molecule has 1 aromatic rings. The molecule has 186 valence electrons. The number of nitrogens with one attached hydrogen (secondary N) is 2. The van der Waals surface area contributed by atoms with Crippen LogP contribution in [0.2, 0.25) is 0 Å². The van der Waals surface area contributed by atoms with Crippen LogP contribution in [0.15, 0.2) is 29.3 Å². The van der Waals surface area contributed by atoms with Crippen LogP contribution in [0.3, 0.4) is 0 Å². The first-order valence-electron chi connectivity index (χ1n) is 12.2. The van der Waals surface area contributed by atoms with Gasteiger partial charge in [-0.2, -0.15) is 0 Å². The minimum atomic E-state index is 0. The van der Waals surface area contributed by atoms with Gasteiger partial charge in [0, 0.05) is 52.9 Å². The van der Waals surface area contributed by atoms with Crippen molar-refractivity contribution < 1.29 is 9.53 Å². The van der Waals surface area contributed by atoms with E-state index in [0.717, 1.165) is 64.4 Å². The van der Waals surface area contributed by atoms with E-state index in [-0.39, 0.29) is 36.0 Å². The number of amides is 1. The number of carbonyl (C=O) groups excluding carboxylic acids is 1. The first-order valence-corrected chi connectivity index (χ1v) is 12.2. The summed E-state index contributed by atoms with van der Waals surface area (Å²) in [6.45, 7) is 6.81. The summed E-state index contributed by atoms with van der Waals surface area (Å²) in [6, 6.07) is 9.08. The molecule has 1 aliphatic heterocycles. The number of carbonyl (C=O) groups is 1. The number of ether oxygens (including phenoxy) is 1. The highest BCUT2D eigenvalue weighted by Gasteiger charge is 2.22. The van der Waals surface area contributed by atoms with Crippen molar-refractivity contribution in [1.29, 1.82) is 0 Å². The van der Waals surface area contributed by atoms with Crippen LogP contribution >= 0.6 is 24.0 Å². The maximum absolute atomic E-state index is 11.9. The lowest BCUT2D eigenvalue weighted by molar-refractivity contribution is -0.130. The third-order valence-electron chi connectivity index (χ3n) is 6.34. The van der Waals surface area contributed by atoms with Gasteiger partial charge >= 0.3 is 0 Å². The molecule has 1 fully saturated rings. The third-order valence-corrected chi connectivity index (χ3v) is 6.34. The van der Waals surface area contributed by atoms with Gasteiger partial charge in [-0.15, -0.1) is 24.0 Å². The van der Waals surface area contributed by atoms with E-state index in [2.05, 4.69) is 46.7 Å². The van der Waals surface area contributed by atoms with Crippen molar-refractivity contribution in [2.24, 2.45) is 4.99 Å². The fraction of sp³-hybridized carbons (Fsp3) is 0.680. The number of halogens is 1. The number of guanidine groups is 1. The highest BCUT2D eigenvalue weighted by molar-refractivity contribution is 14.0. The Hall–Kier alpha value is -1.39. The second kappa shape index (κ2) is 14.8. The fourth-order valence-electron chi connectivity index (χ4n) is 4.44. The van der Waals surface area contributed by atoms with Crippen LogP contribution in [0.5, 0.6) is 0 Å². The van der Waals surface area contributed by atoms with E-state index in [1.807, 2.05) is 14.1 Å². The molecule has 1 atom stereocenters. The van der Waals surface area contributed by atoms with Crippen LogP contribution in [0, 0.1) is 0 Å². The van der Waals surface area contributed by atoms with Crippen molar-refractivity contribution >= 4 is 35.8 Å². The van der Waals surface area contributed by atoms with E-state index in [0.29, 0.717) is 12.6 Å². The molecular weight excluding hydrogens is 529 g/mol. The number of hydrogen-bond donors (Lipinski definition) is 2. The van der Waals surface area contributed by atoms with Gasteiger partial charge in [0.15, 0.2) is 5.96 Å². The van der Waals surface area contributed by atoms with Crippen LogP contribution in [0.4, 0.5) is 0 Å². The van der Waals surface area contributed by atoms with E-state index in [4.69, 9.17) is 9.73 Å². The Morgan fingerprint density at radius 1 is 1.21 bits per heavy atom. The molecule has 7 nitrogen and oxygen atoms in total. The molecule has 1 aromatic carbocycles. The third kappa shape index (κ3) is 9.05. The van der Waals surface area contributed by atoms with Crippen molar-refractivity contribution in [3.05, 3.63) is 35.4 Å². The molecule has 1 aliphatic carbocycles. The monoisotopic (exact) mass is 571 g/mol. The van der Waals surface area contributed by atoms with Gasteiger partial charge in [0.1, 0.15) is 0 Å². The minimum absolute atomic E-state index is 0. The van der Waals surface area contributed by atoms with Crippen LogP contribution in [0.25, 0.3) is 0 Å². The molecule has 1 heterocycles. The van der Waals surface area contributed by atoms with Crippen LogP contribution in [-0.4, -0.2) is 81.1 Å². The SMILES string of the molecule is CCNC(=NCCCOC1CCCc2ccccc21)NC1CCN(CC(=O)N(C)C)CC1.I. The summed E-state index contributed by atoms with van der Waals surface area (Å²) in [4.78, 5) is 20.6. The highest BCUT2D eigenvalue weighted by atomic mass is 127. The number of likely N-dealkylation sites (tertiary alicyclic amines) is 1. The van der Waals surface area contributed by atoms with Gasteiger partial charge in [-0.25, -0.2) is 0 Å². The number of benzene rings is 1. The van der Waals surface area contributed by atoms with Gasteiger partial charge in [0.25, 0.3) is 0 Å². The molecule has 0 bridgehead atoms. The number of nitrogens with zero attached hydrogens (tertiary/aromatic N) is 3. The van der Waals surface area contributed by atoms with Crippen LogP contribution < -0.4 is 10.6 Å². The number of hydrogen-bond acceptors (Lipinski definition) is 4. The maximum Gasteiger partial charge on any atom is 0.236 e. The van der Waals surface area contributed by atoms with Gasteiger partial charge in [-0.3, -0.25) is 14.7 Å². The first-order chi connectivity index (χ1) is 15.6. The topological polar surface area (TPSA) is 69.2 Å². The molecule has 1 unspecified atom stereocenters. The van der Waals surface area contributed by atoms with Gasteiger partial charge in [-0.1, -0.05) is 24.3 Å². The molecule has 33 heavy (non-hydrogen) atoms. The number of fused-ring (bicyclic) bond motifs is 1. The molecule has 0 spiro atoms. The van der Waals surface area contributed by atoms with Gasteiger partial charge in [0.05, 0.1) is 12.6 Å².